The predicted molar refractivity (Wildman–Crippen MR) is 144 cm³/mol. The number of benzene rings is 1. The zero-order valence-electron chi connectivity index (χ0n) is 22.3. The molecule has 2 atom stereocenters. The van der Waals surface area contributed by atoms with Gasteiger partial charge in [-0.3, -0.25) is 4.68 Å². The van der Waals surface area contributed by atoms with Crippen molar-refractivity contribution in [2.75, 3.05) is 30.0 Å². The summed E-state index contributed by atoms with van der Waals surface area (Å²) in [6, 6.07) is 9.12. The van der Waals surface area contributed by atoms with Crippen LogP contribution in [0.25, 0.3) is 11.4 Å². The maximum absolute atomic E-state index is 5.72. The fourth-order valence-electron chi connectivity index (χ4n) is 6.12. The van der Waals surface area contributed by atoms with Crippen LogP contribution in [0.4, 0.5) is 11.6 Å². The zero-order valence-corrected chi connectivity index (χ0v) is 22.3. The van der Waals surface area contributed by atoms with Crippen molar-refractivity contribution >= 4 is 11.6 Å². The van der Waals surface area contributed by atoms with Crippen molar-refractivity contribution in [3.05, 3.63) is 52.3 Å². The van der Waals surface area contributed by atoms with Crippen molar-refractivity contribution in [1.29, 1.82) is 0 Å². The molecule has 0 amide bonds. The van der Waals surface area contributed by atoms with Gasteiger partial charge in [0.05, 0.1) is 17.5 Å². The molecule has 7 heteroatoms. The number of hydrogen-bond acceptors (Lipinski definition) is 6. The molecule has 1 saturated carbocycles. The summed E-state index contributed by atoms with van der Waals surface area (Å²) in [7, 11) is 3.91. The Labute approximate surface area is 214 Å². The molecule has 6 rings (SSSR count). The second-order valence-electron chi connectivity index (χ2n) is 11.0. The van der Waals surface area contributed by atoms with Crippen LogP contribution in [-0.2, 0) is 24.8 Å². The van der Waals surface area contributed by atoms with Crippen LogP contribution >= 0.6 is 0 Å². The van der Waals surface area contributed by atoms with Crippen molar-refractivity contribution < 1.29 is 4.74 Å². The lowest BCUT2D eigenvalue weighted by Gasteiger charge is -2.40. The molecule has 2 fully saturated rings. The van der Waals surface area contributed by atoms with Gasteiger partial charge < -0.3 is 14.5 Å². The first kappa shape index (κ1) is 23.5. The molecule has 3 aliphatic rings. The quantitative estimate of drug-likeness (QED) is 0.509. The van der Waals surface area contributed by atoms with Gasteiger partial charge in [0.15, 0.2) is 5.82 Å². The van der Waals surface area contributed by atoms with Crippen LogP contribution in [0.2, 0.25) is 0 Å². The first-order chi connectivity index (χ1) is 17.4. The Morgan fingerprint density at radius 3 is 2.50 bits per heavy atom. The molecule has 3 aromatic rings. The molecule has 0 radical (unpaired) electrons. The van der Waals surface area contributed by atoms with Crippen molar-refractivity contribution in [3.63, 3.8) is 0 Å². The summed E-state index contributed by atoms with van der Waals surface area (Å²) in [6.45, 7) is 9.35. The lowest BCUT2D eigenvalue weighted by Crippen LogP contribution is -2.45. The fourth-order valence-corrected chi connectivity index (χ4v) is 6.12. The summed E-state index contributed by atoms with van der Waals surface area (Å²) in [6.07, 6.45) is 5.81. The molecule has 4 heterocycles. The molecule has 1 aliphatic carbocycles. The third-order valence-corrected chi connectivity index (χ3v) is 8.37. The molecule has 1 aromatic carbocycles. The second kappa shape index (κ2) is 9.18. The Morgan fingerprint density at radius 2 is 1.81 bits per heavy atom. The number of ether oxygens (including phenoxy) is 1. The van der Waals surface area contributed by atoms with E-state index in [2.05, 4.69) is 66.6 Å². The van der Waals surface area contributed by atoms with E-state index in [9.17, 15) is 0 Å². The monoisotopic (exact) mass is 486 g/mol. The number of methoxy groups -OCH3 is 1. The molecule has 0 bridgehead atoms. The molecule has 7 nitrogen and oxygen atoms in total. The number of nitrogens with zero attached hydrogens (tertiary/aromatic N) is 6. The first-order valence-electron chi connectivity index (χ1n) is 13.5. The molecule has 0 unspecified atom stereocenters. The van der Waals surface area contributed by atoms with Crippen LogP contribution in [0.3, 0.4) is 0 Å². The van der Waals surface area contributed by atoms with Gasteiger partial charge >= 0.3 is 0 Å². The largest absolute Gasteiger partial charge is 0.381 e. The van der Waals surface area contributed by atoms with Crippen LogP contribution in [0.1, 0.15) is 66.6 Å². The highest BCUT2D eigenvalue weighted by Gasteiger charge is 2.33. The Morgan fingerprint density at radius 1 is 1.03 bits per heavy atom. The minimum Gasteiger partial charge on any atom is -0.381 e. The number of hydrogen-bond donors (Lipinski definition) is 0. The minimum atomic E-state index is 0.318. The topological polar surface area (TPSA) is 59.3 Å². The van der Waals surface area contributed by atoms with Gasteiger partial charge in [0.25, 0.3) is 0 Å². The molecule has 2 aromatic heterocycles. The lowest BCUT2D eigenvalue weighted by molar-refractivity contribution is 0.0719. The van der Waals surface area contributed by atoms with E-state index >= 15 is 0 Å². The Bertz CT molecular complexity index is 1260. The number of fused-ring (bicyclic) bond motifs is 1. The average molecular weight is 487 g/mol. The van der Waals surface area contributed by atoms with Crippen LogP contribution < -0.4 is 9.80 Å². The summed E-state index contributed by atoms with van der Waals surface area (Å²) in [5, 5.41) is 4.84. The van der Waals surface area contributed by atoms with Crippen molar-refractivity contribution in [2.45, 2.75) is 77.5 Å². The van der Waals surface area contributed by atoms with Crippen molar-refractivity contribution in [3.8, 4) is 11.4 Å². The summed E-state index contributed by atoms with van der Waals surface area (Å²) >= 11 is 0. The highest BCUT2D eigenvalue weighted by molar-refractivity contribution is 5.68. The predicted octanol–water partition coefficient (Wildman–Crippen LogP) is 4.94. The molecule has 2 aliphatic heterocycles. The van der Waals surface area contributed by atoms with Crippen LogP contribution in [0.15, 0.2) is 24.3 Å². The number of piperidine rings is 1. The van der Waals surface area contributed by atoms with Crippen LogP contribution in [0.5, 0.6) is 0 Å². The number of aryl methyl sites for hydroxylation is 3. The molecule has 0 N–H and O–H groups in total. The van der Waals surface area contributed by atoms with Gasteiger partial charge in [-0.25, -0.2) is 9.97 Å². The average Bonchev–Trinajstić information content (AvgIpc) is 3.65. The SMILES string of the molecule is CO[C@@H]1CCN(c2nc(-c3c(C)cccc3C)nc3c2CN(c2cc(C4CC4)nn2C)CC3)[C@H](C)C1. The van der Waals surface area contributed by atoms with E-state index in [1.165, 1.54) is 52.3 Å². The Kier molecular flexibility index (Phi) is 5.98. The van der Waals surface area contributed by atoms with Crippen molar-refractivity contribution in [2.24, 2.45) is 7.05 Å². The Hall–Kier alpha value is -2.93. The second-order valence-corrected chi connectivity index (χ2v) is 11.0. The normalized spacial score (nSPS) is 22.1. The third kappa shape index (κ3) is 4.17. The van der Waals surface area contributed by atoms with Gasteiger partial charge in [0, 0.05) is 69.4 Å². The summed E-state index contributed by atoms with van der Waals surface area (Å²) < 4.78 is 7.79. The summed E-state index contributed by atoms with van der Waals surface area (Å²) in [4.78, 5) is 15.5. The van der Waals surface area contributed by atoms with Gasteiger partial charge in [-0.15, -0.1) is 0 Å². The van der Waals surface area contributed by atoms with E-state index < -0.39 is 0 Å². The first-order valence-corrected chi connectivity index (χ1v) is 13.5. The number of anilines is 2. The van der Waals surface area contributed by atoms with Gasteiger partial charge in [-0.2, -0.15) is 5.10 Å². The number of rotatable bonds is 5. The smallest absolute Gasteiger partial charge is 0.162 e. The van der Waals surface area contributed by atoms with E-state index in [1.807, 2.05) is 7.11 Å². The maximum Gasteiger partial charge on any atom is 0.162 e. The van der Waals surface area contributed by atoms with E-state index in [-0.39, 0.29) is 0 Å². The molecule has 1 saturated heterocycles. The molecular weight excluding hydrogens is 448 g/mol. The van der Waals surface area contributed by atoms with E-state index in [1.54, 1.807) is 0 Å². The molecule has 36 heavy (non-hydrogen) atoms. The molecule has 190 valence electrons. The maximum atomic E-state index is 5.72. The van der Waals surface area contributed by atoms with Gasteiger partial charge in [-0.1, -0.05) is 18.2 Å². The zero-order chi connectivity index (χ0) is 25.0. The highest BCUT2D eigenvalue weighted by atomic mass is 16.5. The van der Waals surface area contributed by atoms with Gasteiger partial charge in [0.1, 0.15) is 11.6 Å². The van der Waals surface area contributed by atoms with Gasteiger partial charge in [0.2, 0.25) is 0 Å². The fraction of sp³-hybridized carbons (Fsp3) is 0.552. The van der Waals surface area contributed by atoms with Crippen LogP contribution in [0, 0.1) is 13.8 Å². The number of aromatic nitrogens is 4. The highest BCUT2D eigenvalue weighted by Crippen LogP contribution is 2.41. The van der Waals surface area contributed by atoms with E-state index in [0.717, 1.165) is 50.5 Å². The van der Waals surface area contributed by atoms with Gasteiger partial charge in [-0.05, 0) is 57.6 Å². The lowest BCUT2D eigenvalue weighted by atomic mass is 9.97. The summed E-state index contributed by atoms with van der Waals surface area (Å²) in [5.41, 5.74) is 7.34. The third-order valence-electron chi connectivity index (χ3n) is 8.37. The summed E-state index contributed by atoms with van der Waals surface area (Å²) in [5.74, 6) is 3.83. The van der Waals surface area contributed by atoms with Crippen molar-refractivity contribution in [1.82, 2.24) is 19.7 Å². The van der Waals surface area contributed by atoms with Crippen LogP contribution in [-0.4, -0.2) is 52.1 Å². The van der Waals surface area contributed by atoms with E-state index in [4.69, 9.17) is 19.8 Å². The minimum absolute atomic E-state index is 0.318. The molecule has 0 spiro atoms. The Balaban J connectivity index is 1.42. The van der Waals surface area contributed by atoms with E-state index in [0.29, 0.717) is 18.1 Å². The molecular formula is C29H38N6O. The standard InChI is InChI=1S/C29H38N6O/c1-18-7-6-8-19(2)27(18)28-30-24-12-13-34(26-16-25(21-9-10-21)32-33(26)4)17-23(24)29(31-28)35-14-11-22(36-5)15-20(35)3/h6-8,16,20-22H,9-15,17H2,1-5H3/t20-,22-/m1/s1.